The molecule has 1 heterocycles. The summed E-state index contributed by atoms with van der Waals surface area (Å²) in [7, 11) is 4.12. The van der Waals surface area contributed by atoms with Crippen molar-refractivity contribution in [2.45, 2.75) is 44.4 Å². The molecule has 1 N–H and O–H groups in total. The Morgan fingerprint density at radius 3 is 2.48 bits per heavy atom. The number of aryl methyl sites for hydroxylation is 1. The SMILES string of the molecule is Cc1ccc(C2NC3(CC3)C(=O)N2CC(C)N(C)C)cc1. The molecule has 1 aliphatic heterocycles. The van der Waals surface area contributed by atoms with E-state index < -0.39 is 0 Å². The van der Waals surface area contributed by atoms with Crippen LogP contribution < -0.4 is 5.32 Å². The third-order valence-corrected chi connectivity index (χ3v) is 4.88. The summed E-state index contributed by atoms with van der Waals surface area (Å²) in [6.45, 7) is 5.02. The number of carbonyl (C=O) groups is 1. The zero-order valence-electron chi connectivity index (χ0n) is 13.4. The first kappa shape index (κ1) is 14.5. The Bertz CT molecular complexity index is 533. The van der Waals surface area contributed by atoms with Crippen LogP contribution in [0.15, 0.2) is 24.3 Å². The Balaban J connectivity index is 1.86. The van der Waals surface area contributed by atoms with Crippen LogP contribution in [0, 0.1) is 6.92 Å². The molecule has 21 heavy (non-hydrogen) atoms. The molecule has 2 atom stereocenters. The lowest BCUT2D eigenvalue weighted by Crippen LogP contribution is -2.41. The molecule has 1 aromatic carbocycles. The Hall–Kier alpha value is -1.39. The highest BCUT2D eigenvalue weighted by molar-refractivity contribution is 5.92. The number of likely N-dealkylation sites (N-methyl/N-ethyl adjacent to an activating group) is 1. The van der Waals surface area contributed by atoms with Crippen LogP contribution >= 0.6 is 0 Å². The maximum Gasteiger partial charge on any atom is 0.244 e. The van der Waals surface area contributed by atoms with Gasteiger partial charge in [-0.1, -0.05) is 29.8 Å². The van der Waals surface area contributed by atoms with Gasteiger partial charge in [-0.15, -0.1) is 0 Å². The maximum absolute atomic E-state index is 12.7. The van der Waals surface area contributed by atoms with E-state index in [2.05, 4.69) is 62.4 Å². The highest BCUT2D eigenvalue weighted by Crippen LogP contribution is 2.46. The molecule has 4 heteroatoms. The molecular formula is C17H25N3O. The normalized spacial score (nSPS) is 24.9. The summed E-state index contributed by atoms with van der Waals surface area (Å²) < 4.78 is 0. The van der Waals surface area contributed by atoms with Crippen LogP contribution in [0.25, 0.3) is 0 Å². The minimum Gasteiger partial charge on any atom is -0.320 e. The van der Waals surface area contributed by atoms with Gasteiger partial charge in [0.15, 0.2) is 0 Å². The number of carbonyl (C=O) groups excluding carboxylic acids is 1. The van der Waals surface area contributed by atoms with Crippen LogP contribution in [0.1, 0.15) is 37.1 Å². The Morgan fingerprint density at radius 2 is 1.95 bits per heavy atom. The lowest BCUT2D eigenvalue weighted by Gasteiger charge is -2.30. The monoisotopic (exact) mass is 287 g/mol. The van der Waals surface area contributed by atoms with Gasteiger partial charge in [0.2, 0.25) is 5.91 Å². The van der Waals surface area contributed by atoms with Gasteiger partial charge in [-0.2, -0.15) is 0 Å². The van der Waals surface area contributed by atoms with Crippen LogP contribution in [-0.2, 0) is 4.79 Å². The van der Waals surface area contributed by atoms with Gasteiger partial charge < -0.3 is 9.80 Å². The van der Waals surface area contributed by atoms with Gasteiger partial charge in [0.05, 0.1) is 0 Å². The van der Waals surface area contributed by atoms with E-state index in [0.717, 1.165) is 19.4 Å². The molecule has 2 aliphatic rings. The number of nitrogens with zero attached hydrogens (tertiary/aromatic N) is 2. The first-order valence-electron chi connectivity index (χ1n) is 7.75. The summed E-state index contributed by atoms with van der Waals surface area (Å²) in [5.74, 6) is 0.279. The molecule has 114 valence electrons. The summed E-state index contributed by atoms with van der Waals surface area (Å²) >= 11 is 0. The van der Waals surface area contributed by atoms with Crippen molar-refractivity contribution < 1.29 is 4.79 Å². The summed E-state index contributed by atoms with van der Waals surface area (Å²) in [5.41, 5.74) is 2.17. The highest BCUT2D eigenvalue weighted by atomic mass is 16.2. The Kier molecular flexibility index (Phi) is 3.54. The topological polar surface area (TPSA) is 35.6 Å². The van der Waals surface area contributed by atoms with Gasteiger partial charge in [-0.3, -0.25) is 10.1 Å². The van der Waals surface area contributed by atoms with E-state index in [1.54, 1.807) is 0 Å². The second kappa shape index (κ2) is 5.11. The molecule has 2 fully saturated rings. The van der Waals surface area contributed by atoms with Crippen molar-refractivity contribution in [3.05, 3.63) is 35.4 Å². The van der Waals surface area contributed by atoms with Gasteiger partial charge in [0, 0.05) is 12.6 Å². The third-order valence-electron chi connectivity index (χ3n) is 4.88. The summed E-state index contributed by atoms with van der Waals surface area (Å²) in [4.78, 5) is 16.9. The predicted octanol–water partition coefficient (Wildman–Crippen LogP) is 1.91. The fraction of sp³-hybridized carbons (Fsp3) is 0.588. The summed E-state index contributed by atoms with van der Waals surface area (Å²) in [6, 6.07) is 8.85. The van der Waals surface area contributed by atoms with E-state index in [4.69, 9.17) is 0 Å². The Morgan fingerprint density at radius 1 is 1.33 bits per heavy atom. The van der Waals surface area contributed by atoms with Gasteiger partial charge in [-0.25, -0.2) is 0 Å². The fourth-order valence-electron chi connectivity index (χ4n) is 2.93. The van der Waals surface area contributed by atoms with E-state index >= 15 is 0 Å². The average molecular weight is 287 g/mol. The van der Waals surface area contributed by atoms with Crippen LogP contribution in [0.4, 0.5) is 0 Å². The van der Waals surface area contributed by atoms with Crippen molar-refractivity contribution in [3.8, 4) is 0 Å². The van der Waals surface area contributed by atoms with Gasteiger partial charge in [0.1, 0.15) is 11.7 Å². The number of nitrogens with one attached hydrogen (secondary N) is 1. The van der Waals surface area contributed by atoms with Crippen molar-refractivity contribution in [3.63, 3.8) is 0 Å². The molecule has 1 aromatic rings. The number of hydrogen-bond acceptors (Lipinski definition) is 3. The molecule has 0 aromatic heterocycles. The molecule has 0 radical (unpaired) electrons. The number of amides is 1. The zero-order valence-corrected chi connectivity index (χ0v) is 13.4. The number of benzene rings is 1. The van der Waals surface area contributed by atoms with E-state index in [1.807, 2.05) is 4.90 Å². The van der Waals surface area contributed by atoms with Crippen LogP contribution in [0.5, 0.6) is 0 Å². The molecule has 1 amide bonds. The first-order valence-corrected chi connectivity index (χ1v) is 7.75. The third kappa shape index (κ3) is 2.58. The van der Waals surface area contributed by atoms with Crippen LogP contribution in [-0.4, -0.2) is 47.9 Å². The standard InChI is InChI=1S/C17H25N3O/c1-12-5-7-14(8-6-12)15-18-17(9-10-17)16(21)20(15)11-13(2)19(3)4/h5-8,13,15,18H,9-11H2,1-4H3. The lowest BCUT2D eigenvalue weighted by molar-refractivity contribution is -0.131. The van der Waals surface area contributed by atoms with Gasteiger partial charge in [-0.05, 0) is 46.3 Å². The molecule has 2 unspecified atom stereocenters. The minimum atomic E-state index is -0.262. The minimum absolute atomic E-state index is 0.0167. The quantitative estimate of drug-likeness (QED) is 0.919. The van der Waals surface area contributed by atoms with E-state index in [1.165, 1.54) is 11.1 Å². The molecule has 1 saturated carbocycles. The van der Waals surface area contributed by atoms with Crippen LogP contribution in [0.2, 0.25) is 0 Å². The van der Waals surface area contributed by atoms with Crippen molar-refractivity contribution in [2.24, 2.45) is 0 Å². The van der Waals surface area contributed by atoms with E-state index in [9.17, 15) is 4.79 Å². The smallest absolute Gasteiger partial charge is 0.244 e. The van der Waals surface area contributed by atoms with Crippen LogP contribution in [0.3, 0.4) is 0 Å². The van der Waals surface area contributed by atoms with Crippen molar-refractivity contribution >= 4 is 5.91 Å². The largest absolute Gasteiger partial charge is 0.320 e. The van der Waals surface area contributed by atoms with Gasteiger partial charge in [0.25, 0.3) is 0 Å². The number of rotatable bonds is 4. The molecule has 4 nitrogen and oxygen atoms in total. The first-order chi connectivity index (χ1) is 9.93. The number of hydrogen-bond donors (Lipinski definition) is 1. The lowest BCUT2D eigenvalue weighted by atomic mass is 10.1. The average Bonchev–Trinajstić information content (AvgIpc) is 3.18. The van der Waals surface area contributed by atoms with E-state index in [0.29, 0.717) is 6.04 Å². The molecule has 1 saturated heterocycles. The molecule has 1 aliphatic carbocycles. The molecule has 3 rings (SSSR count). The van der Waals surface area contributed by atoms with E-state index in [-0.39, 0.29) is 17.6 Å². The second-order valence-electron chi connectivity index (χ2n) is 6.81. The molecular weight excluding hydrogens is 262 g/mol. The zero-order chi connectivity index (χ0) is 15.2. The van der Waals surface area contributed by atoms with Gasteiger partial charge >= 0.3 is 0 Å². The molecule has 1 spiro atoms. The second-order valence-corrected chi connectivity index (χ2v) is 6.81. The maximum atomic E-state index is 12.7. The van der Waals surface area contributed by atoms with Crippen molar-refractivity contribution in [1.29, 1.82) is 0 Å². The van der Waals surface area contributed by atoms with Crippen molar-refractivity contribution in [1.82, 2.24) is 15.1 Å². The summed E-state index contributed by atoms with van der Waals surface area (Å²) in [5, 5.41) is 3.58. The Labute approximate surface area is 127 Å². The molecule has 0 bridgehead atoms. The van der Waals surface area contributed by atoms with Crippen molar-refractivity contribution in [2.75, 3.05) is 20.6 Å². The fourth-order valence-corrected chi connectivity index (χ4v) is 2.93. The highest BCUT2D eigenvalue weighted by Gasteiger charge is 2.59. The summed E-state index contributed by atoms with van der Waals surface area (Å²) in [6.07, 6.45) is 1.96. The predicted molar refractivity (Wildman–Crippen MR) is 83.9 cm³/mol.